The number of nitrogens with zero attached hydrogens (tertiary/aromatic N) is 3. The summed E-state index contributed by atoms with van der Waals surface area (Å²) in [5.41, 5.74) is 4.62. The Balaban J connectivity index is 1.37. The standard InChI is InChI=1S/C25H27N5O2S3/c1-4-18(20(31)26-25-30-29-22(35-25)13(2)3)34-24-27-21(32)19-17(12-33-23(19)28-24)16-10-9-14-7-5-6-8-15(14)11-16/h9-13,18H,4-8H2,1-3H3,(H,26,30,31)(H,27,28,32). The monoisotopic (exact) mass is 525 g/mol. The minimum Gasteiger partial charge on any atom is -0.301 e. The fourth-order valence-electron chi connectivity index (χ4n) is 4.26. The summed E-state index contributed by atoms with van der Waals surface area (Å²) in [7, 11) is 0. The molecule has 0 saturated carbocycles. The van der Waals surface area contributed by atoms with Gasteiger partial charge in [0.15, 0.2) is 5.16 Å². The van der Waals surface area contributed by atoms with Gasteiger partial charge in [0.05, 0.1) is 10.6 Å². The number of aromatic amines is 1. The van der Waals surface area contributed by atoms with E-state index in [9.17, 15) is 9.59 Å². The van der Waals surface area contributed by atoms with Crippen LogP contribution in [0.3, 0.4) is 0 Å². The van der Waals surface area contributed by atoms with Crippen LogP contribution in [0.5, 0.6) is 0 Å². The van der Waals surface area contributed by atoms with E-state index in [-0.39, 0.29) is 17.4 Å². The highest BCUT2D eigenvalue weighted by molar-refractivity contribution is 8.00. The lowest BCUT2D eigenvalue weighted by molar-refractivity contribution is -0.115. The fourth-order valence-corrected chi connectivity index (χ4v) is 6.91. The number of aryl methyl sites for hydroxylation is 2. The second kappa shape index (κ2) is 10.2. The van der Waals surface area contributed by atoms with Gasteiger partial charge in [0, 0.05) is 16.9 Å². The van der Waals surface area contributed by atoms with E-state index >= 15 is 0 Å². The van der Waals surface area contributed by atoms with E-state index < -0.39 is 5.25 Å². The van der Waals surface area contributed by atoms with Gasteiger partial charge in [-0.3, -0.25) is 14.9 Å². The first-order valence-corrected chi connectivity index (χ1v) is 14.4. The van der Waals surface area contributed by atoms with Gasteiger partial charge in [-0.2, -0.15) is 0 Å². The molecule has 0 fully saturated rings. The maximum absolute atomic E-state index is 13.1. The number of aromatic nitrogens is 4. The zero-order valence-corrected chi connectivity index (χ0v) is 22.3. The zero-order valence-electron chi connectivity index (χ0n) is 19.9. The molecule has 1 atom stereocenters. The molecule has 1 unspecified atom stereocenters. The molecule has 7 nitrogen and oxygen atoms in total. The van der Waals surface area contributed by atoms with Crippen molar-refractivity contribution < 1.29 is 4.79 Å². The highest BCUT2D eigenvalue weighted by atomic mass is 32.2. The van der Waals surface area contributed by atoms with Crippen molar-refractivity contribution in [1.82, 2.24) is 20.2 Å². The van der Waals surface area contributed by atoms with Crippen LogP contribution in [0.4, 0.5) is 5.13 Å². The van der Waals surface area contributed by atoms with Crippen LogP contribution in [-0.2, 0) is 17.6 Å². The summed E-state index contributed by atoms with van der Waals surface area (Å²) in [5.74, 6) is 0.0834. The molecular formula is C25H27N5O2S3. The summed E-state index contributed by atoms with van der Waals surface area (Å²) in [6.45, 7) is 6.01. The second-order valence-electron chi connectivity index (χ2n) is 9.00. The summed E-state index contributed by atoms with van der Waals surface area (Å²) >= 11 is 4.11. The number of anilines is 1. The summed E-state index contributed by atoms with van der Waals surface area (Å²) in [6, 6.07) is 6.54. The molecule has 35 heavy (non-hydrogen) atoms. The SMILES string of the molecule is CCC(Sc1nc2scc(-c3ccc4c(c3)CCCC4)c2c(=O)[nH]1)C(=O)Nc1nnc(C(C)C)s1. The Morgan fingerprint density at radius 3 is 2.74 bits per heavy atom. The molecule has 1 aliphatic rings. The van der Waals surface area contributed by atoms with E-state index in [1.54, 1.807) is 0 Å². The van der Waals surface area contributed by atoms with Gasteiger partial charge in [0.1, 0.15) is 9.84 Å². The first kappa shape index (κ1) is 24.1. The van der Waals surface area contributed by atoms with Crippen LogP contribution in [0.25, 0.3) is 21.3 Å². The molecule has 0 spiro atoms. The van der Waals surface area contributed by atoms with E-state index in [1.165, 1.54) is 58.4 Å². The van der Waals surface area contributed by atoms with Crippen LogP contribution in [0.1, 0.15) is 62.1 Å². The summed E-state index contributed by atoms with van der Waals surface area (Å²) < 4.78 is 0. The Morgan fingerprint density at radius 2 is 2.00 bits per heavy atom. The van der Waals surface area contributed by atoms with Crippen molar-refractivity contribution in [2.24, 2.45) is 0 Å². The van der Waals surface area contributed by atoms with Crippen molar-refractivity contribution in [3.05, 3.63) is 50.1 Å². The molecule has 0 aliphatic heterocycles. The van der Waals surface area contributed by atoms with Crippen molar-refractivity contribution in [3.63, 3.8) is 0 Å². The summed E-state index contributed by atoms with van der Waals surface area (Å²) in [6.07, 6.45) is 5.27. The molecule has 0 radical (unpaired) electrons. The number of amides is 1. The lowest BCUT2D eigenvalue weighted by Gasteiger charge is -2.16. The molecule has 0 saturated heterocycles. The minimum atomic E-state index is -0.415. The second-order valence-corrected chi connectivity index (χ2v) is 12.1. The van der Waals surface area contributed by atoms with Gasteiger partial charge in [-0.1, -0.05) is 62.1 Å². The number of carbonyl (C=O) groups excluding carboxylic acids is 1. The van der Waals surface area contributed by atoms with Gasteiger partial charge in [0.25, 0.3) is 5.56 Å². The van der Waals surface area contributed by atoms with E-state index in [1.807, 2.05) is 26.2 Å². The third-order valence-corrected chi connectivity index (χ3v) is 9.42. The third kappa shape index (κ3) is 5.05. The highest BCUT2D eigenvalue weighted by Gasteiger charge is 2.23. The number of carbonyl (C=O) groups is 1. The number of thioether (sulfide) groups is 1. The molecule has 1 amide bonds. The van der Waals surface area contributed by atoms with Crippen LogP contribution in [0, 0.1) is 0 Å². The predicted molar refractivity (Wildman–Crippen MR) is 145 cm³/mol. The van der Waals surface area contributed by atoms with E-state index in [0.717, 1.165) is 29.0 Å². The van der Waals surface area contributed by atoms with Crippen LogP contribution < -0.4 is 10.9 Å². The molecule has 1 aromatic carbocycles. The highest BCUT2D eigenvalue weighted by Crippen LogP contribution is 2.35. The van der Waals surface area contributed by atoms with Gasteiger partial charge < -0.3 is 4.98 Å². The Labute approximate surface area is 215 Å². The van der Waals surface area contributed by atoms with Crippen molar-refractivity contribution in [2.45, 2.75) is 69.2 Å². The maximum atomic E-state index is 13.1. The van der Waals surface area contributed by atoms with Gasteiger partial charge in [-0.15, -0.1) is 21.5 Å². The molecule has 182 valence electrons. The quantitative estimate of drug-likeness (QED) is 0.226. The van der Waals surface area contributed by atoms with Gasteiger partial charge >= 0.3 is 0 Å². The smallest absolute Gasteiger partial charge is 0.260 e. The molecular weight excluding hydrogens is 499 g/mol. The number of fused-ring (bicyclic) bond motifs is 2. The predicted octanol–water partition coefficient (Wildman–Crippen LogP) is 6.01. The largest absolute Gasteiger partial charge is 0.301 e. The maximum Gasteiger partial charge on any atom is 0.260 e. The Bertz CT molecular complexity index is 1440. The van der Waals surface area contributed by atoms with Crippen LogP contribution in [0.2, 0.25) is 0 Å². The molecule has 10 heteroatoms. The number of hydrogen-bond donors (Lipinski definition) is 2. The average molecular weight is 526 g/mol. The fraction of sp³-hybridized carbons (Fsp3) is 0.400. The van der Waals surface area contributed by atoms with Crippen molar-refractivity contribution in [3.8, 4) is 11.1 Å². The Kier molecular flexibility index (Phi) is 7.04. The average Bonchev–Trinajstić information content (AvgIpc) is 3.50. The van der Waals surface area contributed by atoms with Gasteiger partial charge in [-0.25, -0.2) is 4.98 Å². The van der Waals surface area contributed by atoms with Crippen molar-refractivity contribution in [2.75, 3.05) is 5.32 Å². The molecule has 5 rings (SSSR count). The summed E-state index contributed by atoms with van der Waals surface area (Å²) in [4.78, 5) is 34.3. The number of thiophene rings is 1. The Hall–Kier alpha value is -2.56. The number of rotatable bonds is 7. The lowest BCUT2D eigenvalue weighted by Crippen LogP contribution is -2.25. The van der Waals surface area contributed by atoms with Crippen molar-refractivity contribution >= 4 is 55.7 Å². The van der Waals surface area contributed by atoms with Crippen LogP contribution in [0.15, 0.2) is 33.5 Å². The van der Waals surface area contributed by atoms with E-state index in [0.29, 0.717) is 26.9 Å². The molecule has 3 heterocycles. The molecule has 1 aliphatic carbocycles. The van der Waals surface area contributed by atoms with E-state index in [2.05, 4.69) is 38.7 Å². The van der Waals surface area contributed by atoms with Crippen LogP contribution in [-0.4, -0.2) is 31.3 Å². The number of nitrogens with one attached hydrogen (secondary N) is 2. The number of H-pyrrole nitrogens is 1. The number of benzene rings is 1. The normalized spacial score (nSPS) is 14.3. The minimum absolute atomic E-state index is 0.173. The van der Waals surface area contributed by atoms with Gasteiger partial charge in [-0.05, 0) is 48.8 Å². The van der Waals surface area contributed by atoms with Gasteiger partial charge in [0.2, 0.25) is 11.0 Å². The lowest BCUT2D eigenvalue weighted by atomic mass is 9.89. The molecule has 3 aromatic heterocycles. The first-order valence-electron chi connectivity index (χ1n) is 11.9. The van der Waals surface area contributed by atoms with Crippen LogP contribution >= 0.6 is 34.4 Å². The zero-order chi connectivity index (χ0) is 24.5. The molecule has 0 bridgehead atoms. The topological polar surface area (TPSA) is 101 Å². The summed E-state index contributed by atoms with van der Waals surface area (Å²) in [5, 5.41) is 15.1. The third-order valence-electron chi connectivity index (χ3n) is 6.16. The molecule has 4 aromatic rings. The van der Waals surface area contributed by atoms with Crippen molar-refractivity contribution in [1.29, 1.82) is 0 Å². The van der Waals surface area contributed by atoms with E-state index in [4.69, 9.17) is 4.98 Å². The molecule has 2 N–H and O–H groups in total. The first-order chi connectivity index (χ1) is 16.9. The number of hydrogen-bond acceptors (Lipinski definition) is 8. The Morgan fingerprint density at radius 1 is 1.20 bits per heavy atom.